The van der Waals surface area contributed by atoms with Crippen LogP contribution >= 0.6 is 0 Å². The zero-order chi connectivity index (χ0) is 29.1. The highest BCUT2D eigenvalue weighted by atomic mass is 19.1. The molecular formula is C33H33F2N5O. The Kier molecular flexibility index (Phi) is 8.10. The van der Waals surface area contributed by atoms with E-state index in [2.05, 4.69) is 34.0 Å². The van der Waals surface area contributed by atoms with E-state index in [0.29, 0.717) is 34.0 Å². The van der Waals surface area contributed by atoms with Crippen molar-refractivity contribution in [2.75, 3.05) is 30.4 Å². The lowest BCUT2D eigenvalue weighted by atomic mass is 10.0. The smallest absolute Gasteiger partial charge is 0.137 e. The van der Waals surface area contributed by atoms with Crippen molar-refractivity contribution in [1.29, 1.82) is 0 Å². The van der Waals surface area contributed by atoms with Crippen LogP contribution in [0.15, 0.2) is 67.0 Å². The summed E-state index contributed by atoms with van der Waals surface area (Å²) >= 11 is 0. The molecule has 0 saturated heterocycles. The number of anilines is 3. The van der Waals surface area contributed by atoms with E-state index in [1.807, 2.05) is 62.5 Å². The van der Waals surface area contributed by atoms with Gasteiger partial charge in [-0.05, 0) is 75.2 Å². The van der Waals surface area contributed by atoms with Gasteiger partial charge in [0.05, 0.1) is 58.4 Å². The highest BCUT2D eigenvalue weighted by Crippen LogP contribution is 2.39. The Labute approximate surface area is 239 Å². The van der Waals surface area contributed by atoms with Crippen molar-refractivity contribution in [2.45, 2.75) is 34.1 Å². The second-order valence-corrected chi connectivity index (χ2v) is 9.98. The fourth-order valence-electron chi connectivity index (χ4n) is 5.05. The fourth-order valence-corrected chi connectivity index (χ4v) is 5.05. The normalized spacial score (nSPS) is 11.1. The lowest BCUT2D eigenvalue weighted by Gasteiger charge is -2.24. The molecule has 0 fully saturated rings. The minimum atomic E-state index is -0.696. The van der Waals surface area contributed by atoms with Gasteiger partial charge in [-0.25, -0.2) is 13.8 Å². The number of aromatic nitrogens is 3. The Balaban J connectivity index is 1.75. The topological polar surface area (TPSA) is 63.2 Å². The van der Waals surface area contributed by atoms with Crippen LogP contribution in [0.25, 0.3) is 33.5 Å². The van der Waals surface area contributed by atoms with Gasteiger partial charge in [0.25, 0.3) is 0 Å². The van der Waals surface area contributed by atoms with E-state index in [-0.39, 0.29) is 10.9 Å². The van der Waals surface area contributed by atoms with Gasteiger partial charge in [0.15, 0.2) is 0 Å². The number of aryl methyl sites for hydroxylation is 1. The molecule has 0 amide bonds. The van der Waals surface area contributed by atoms with E-state index in [4.69, 9.17) is 9.72 Å². The van der Waals surface area contributed by atoms with Gasteiger partial charge in [-0.2, -0.15) is 0 Å². The average Bonchev–Trinajstić information content (AvgIpc) is 2.97. The van der Waals surface area contributed by atoms with E-state index < -0.39 is 11.6 Å². The summed E-state index contributed by atoms with van der Waals surface area (Å²) in [6.07, 6.45) is 4.55. The third-order valence-corrected chi connectivity index (χ3v) is 7.14. The number of hydrogen-bond acceptors (Lipinski definition) is 6. The van der Waals surface area contributed by atoms with Gasteiger partial charge in [-0.15, -0.1) is 0 Å². The van der Waals surface area contributed by atoms with Gasteiger partial charge >= 0.3 is 0 Å². The maximum atomic E-state index is 15.5. The van der Waals surface area contributed by atoms with Gasteiger partial charge in [-0.1, -0.05) is 6.92 Å². The molecule has 0 aliphatic rings. The third kappa shape index (κ3) is 5.68. The number of methoxy groups -OCH3 is 1. The molecule has 210 valence electrons. The number of fused-ring (bicyclic) bond motifs is 1. The first-order valence-corrected chi connectivity index (χ1v) is 13.7. The quantitative estimate of drug-likeness (QED) is 0.198. The molecule has 3 aromatic heterocycles. The van der Waals surface area contributed by atoms with Crippen LogP contribution in [-0.4, -0.2) is 35.2 Å². The van der Waals surface area contributed by atoms with Crippen LogP contribution in [0.4, 0.5) is 25.8 Å². The van der Waals surface area contributed by atoms with Crippen LogP contribution in [0.1, 0.15) is 31.4 Å². The van der Waals surface area contributed by atoms with Crippen molar-refractivity contribution in [3.05, 3.63) is 89.8 Å². The molecule has 6 nitrogen and oxygen atoms in total. The lowest BCUT2D eigenvalue weighted by molar-refractivity contribution is 0.415. The van der Waals surface area contributed by atoms with Crippen molar-refractivity contribution in [2.24, 2.45) is 0 Å². The molecule has 8 heteroatoms. The molecule has 0 aliphatic carbocycles. The number of nitrogens with zero attached hydrogens (tertiary/aromatic N) is 4. The summed E-state index contributed by atoms with van der Waals surface area (Å²) in [5.74, 6) is -0.658. The van der Waals surface area contributed by atoms with Crippen molar-refractivity contribution in [3.63, 3.8) is 0 Å². The first-order valence-electron chi connectivity index (χ1n) is 13.7. The van der Waals surface area contributed by atoms with Gasteiger partial charge in [0.1, 0.15) is 17.4 Å². The number of nitrogens with one attached hydrogen (secondary N) is 1. The minimum Gasteiger partial charge on any atom is -0.497 e. The van der Waals surface area contributed by atoms with Crippen LogP contribution in [0.2, 0.25) is 0 Å². The van der Waals surface area contributed by atoms with Crippen LogP contribution in [0.3, 0.4) is 0 Å². The summed E-state index contributed by atoms with van der Waals surface area (Å²) in [7, 11) is 1.62. The van der Waals surface area contributed by atoms with Crippen molar-refractivity contribution in [1.82, 2.24) is 15.0 Å². The van der Waals surface area contributed by atoms with E-state index in [9.17, 15) is 4.39 Å². The number of halogens is 2. The molecule has 0 radical (unpaired) electrons. The molecular weight excluding hydrogens is 520 g/mol. The summed E-state index contributed by atoms with van der Waals surface area (Å²) in [4.78, 5) is 16.3. The highest BCUT2D eigenvalue weighted by molar-refractivity contribution is 5.99. The SMILES string of the molecule is CCCN(CC)c1cnc(-c2ccc(OC)cc2)c(Nc2c(C)c(-c3cc(C)ccn3)nc3cc(F)cc(F)c23)c1. The van der Waals surface area contributed by atoms with Crippen molar-refractivity contribution >= 4 is 28.0 Å². The molecule has 0 unspecified atom stereocenters. The van der Waals surface area contributed by atoms with Crippen LogP contribution < -0.4 is 15.0 Å². The Morgan fingerprint density at radius 2 is 1.71 bits per heavy atom. The van der Waals surface area contributed by atoms with Crippen LogP contribution in [-0.2, 0) is 0 Å². The molecule has 41 heavy (non-hydrogen) atoms. The summed E-state index contributed by atoms with van der Waals surface area (Å²) in [6.45, 7) is 9.76. The van der Waals surface area contributed by atoms with Gasteiger partial charge in [0.2, 0.25) is 0 Å². The molecule has 5 rings (SSSR count). The molecule has 0 atom stereocenters. The second kappa shape index (κ2) is 11.9. The van der Waals surface area contributed by atoms with Gasteiger partial charge in [0, 0.05) is 42.5 Å². The maximum absolute atomic E-state index is 15.5. The number of hydrogen-bond donors (Lipinski definition) is 1. The predicted molar refractivity (Wildman–Crippen MR) is 162 cm³/mol. The van der Waals surface area contributed by atoms with Gasteiger partial charge in [-0.3, -0.25) is 9.97 Å². The Hall–Kier alpha value is -4.59. The van der Waals surface area contributed by atoms with Gasteiger partial charge < -0.3 is 15.0 Å². The molecule has 0 spiro atoms. The summed E-state index contributed by atoms with van der Waals surface area (Å²) < 4.78 is 35.2. The predicted octanol–water partition coefficient (Wildman–Crippen LogP) is 8.24. The number of ether oxygens (including phenoxy) is 1. The second-order valence-electron chi connectivity index (χ2n) is 9.98. The van der Waals surface area contributed by atoms with E-state index in [0.717, 1.165) is 48.1 Å². The zero-order valence-electron chi connectivity index (χ0n) is 23.9. The summed E-state index contributed by atoms with van der Waals surface area (Å²) in [6, 6.07) is 15.6. The van der Waals surface area contributed by atoms with E-state index >= 15 is 4.39 Å². The molecule has 1 N–H and O–H groups in total. The molecule has 3 heterocycles. The average molecular weight is 554 g/mol. The van der Waals surface area contributed by atoms with Crippen molar-refractivity contribution in [3.8, 4) is 28.4 Å². The highest BCUT2D eigenvalue weighted by Gasteiger charge is 2.21. The molecule has 2 aromatic carbocycles. The monoisotopic (exact) mass is 553 g/mol. The first kappa shape index (κ1) is 28.0. The maximum Gasteiger partial charge on any atom is 0.137 e. The Morgan fingerprint density at radius 1 is 0.927 bits per heavy atom. The van der Waals surface area contributed by atoms with E-state index in [1.54, 1.807) is 13.3 Å². The first-order chi connectivity index (χ1) is 19.8. The van der Waals surface area contributed by atoms with Crippen LogP contribution in [0.5, 0.6) is 5.75 Å². The van der Waals surface area contributed by atoms with E-state index in [1.165, 1.54) is 6.07 Å². The largest absolute Gasteiger partial charge is 0.497 e. The molecule has 5 aromatic rings. The van der Waals surface area contributed by atoms with Crippen LogP contribution in [0, 0.1) is 25.5 Å². The third-order valence-electron chi connectivity index (χ3n) is 7.14. The Morgan fingerprint density at radius 3 is 2.39 bits per heavy atom. The minimum absolute atomic E-state index is 0.199. The lowest BCUT2D eigenvalue weighted by Crippen LogP contribution is -2.23. The fraction of sp³-hybridized carbons (Fsp3) is 0.242. The Bertz CT molecular complexity index is 1710. The number of rotatable bonds is 9. The number of pyridine rings is 3. The van der Waals surface area contributed by atoms with Crippen molar-refractivity contribution < 1.29 is 13.5 Å². The summed E-state index contributed by atoms with van der Waals surface area (Å²) in [5.41, 5.74) is 6.72. The standard InChI is InChI=1S/C33H33F2N5O/c1-6-14-40(7-2)24-18-29(33(37-19-24)22-8-10-25(41-5)11-9-22)39-32-21(4)31(28-15-20(3)12-13-36-28)38-27-17-23(34)16-26(35)30(27)32/h8-13,15-19H,6-7,14H2,1-5H3,(H,38,39). The molecule has 0 saturated carbocycles. The molecule has 0 bridgehead atoms. The summed E-state index contributed by atoms with van der Waals surface area (Å²) in [5, 5.41) is 3.71. The number of benzene rings is 2. The zero-order valence-corrected chi connectivity index (χ0v) is 23.9. The molecule has 0 aliphatic heterocycles.